The standard InChI is InChI=1S/C7H17O4P/c1-3-5-6-11-12(9,7-8)10-4-2/h8H,3-7H2,1-2H3. The summed E-state index contributed by atoms with van der Waals surface area (Å²) in [5, 5.41) is 8.70. The smallest absolute Gasteiger partial charge is 0.355 e. The quantitative estimate of drug-likeness (QED) is 0.499. The third-order valence-electron chi connectivity index (χ3n) is 1.28. The first-order valence-corrected chi connectivity index (χ1v) is 5.90. The van der Waals surface area contributed by atoms with Gasteiger partial charge in [-0.05, 0) is 13.3 Å². The summed E-state index contributed by atoms with van der Waals surface area (Å²) >= 11 is 0. The van der Waals surface area contributed by atoms with Crippen LogP contribution in [-0.2, 0) is 13.6 Å². The molecule has 0 aliphatic heterocycles. The normalized spacial score (nSPS) is 15.9. The molecular weight excluding hydrogens is 179 g/mol. The van der Waals surface area contributed by atoms with Crippen molar-refractivity contribution in [3.63, 3.8) is 0 Å². The first-order valence-electron chi connectivity index (χ1n) is 4.17. The fourth-order valence-electron chi connectivity index (χ4n) is 0.664. The SMILES string of the molecule is CCCCOP(=O)(CO)OCC. The molecule has 0 fully saturated rings. The van der Waals surface area contributed by atoms with E-state index in [1.807, 2.05) is 6.92 Å². The van der Waals surface area contributed by atoms with Crippen LogP contribution in [-0.4, -0.2) is 24.7 Å². The lowest BCUT2D eigenvalue weighted by Crippen LogP contribution is -2.00. The highest BCUT2D eigenvalue weighted by Crippen LogP contribution is 2.46. The van der Waals surface area contributed by atoms with Crippen molar-refractivity contribution >= 4 is 7.60 Å². The van der Waals surface area contributed by atoms with E-state index in [2.05, 4.69) is 0 Å². The molecule has 0 aliphatic rings. The first-order chi connectivity index (χ1) is 5.68. The highest BCUT2D eigenvalue weighted by atomic mass is 31.2. The predicted molar refractivity (Wildman–Crippen MR) is 47.2 cm³/mol. The van der Waals surface area contributed by atoms with Gasteiger partial charge < -0.3 is 14.2 Å². The van der Waals surface area contributed by atoms with E-state index >= 15 is 0 Å². The molecule has 5 heteroatoms. The van der Waals surface area contributed by atoms with E-state index in [1.165, 1.54) is 0 Å². The summed E-state index contributed by atoms with van der Waals surface area (Å²) in [7, 11) is -3.17. The summed E-state index contributed by atoms with van der Waals surface area (Å²) < 4.78 is 21.1. The molecule has 0 saturated carbocycles. The Kier molecular flexibility index (Phi) is 6.67. The van der Waals surface area contributed by atoms with Gasteiger partial charge in [0.25, 0.3) is 0 Å². The van der Waals surface area contributed by atoms with E-state index in [9.17, 15) is 4.57 Å². The van der Waals surface area contributed by atoms with Gasteiger partial charge in [-0.15, -0.1) is 0 Å². The Hall–Kier alpha value is 0.110. The molecule has 0 aliphatic carbocycles. The maximum Gasteiger partial charge on any atom is 0.355 e. The zero-order valence-corrected chi connectivity index (χ0v) is 8.55. The molecular formula is C7H17O4P. The molecule has 12 heavy (non-hydrogen) atoms. The van der Waals surface area contributed by atoms with Gasteiger partial charge in [0.05, 0.1) is 13.2 Å². The Bertz CT molecular complexity index is 148. The van der Waals surface area contributed by atoms with Crippen LogP contribution in [0.2, 0.25) is 0 Å². The van der Waals surface area contributed by atoms with Crippen LogP contribution in [0.1, 0.15) is 26.7 Å². The predicted octanol–water partition coefficient (Wildman–Crippen LogP) is 1.98. The highest BCUT2D eigenvalue weighted by Gasteiger charge is 2.21. The maximum atomic E-state index is 11.4. The van der Waals surface area contributed by atoms with Crippen molar-refractivity contribution in [3.05, 3.63) is 0 Å². The minimum absolute atomic E-state index is 0.296. The molecule has 0 aromatic carbocycles. The van der Waals surface area contributed by atoms with Gasteiger partial charge in [0.15, 0.2) is 0 Å². The van der Waals surface area contributed by atoms with Gasteiger partial charge in [0.1, 0.15) is 6.35 Å². The minimum Gasteiger partial charge on any atom is -0.384 e. The second-order valence-corrected chi connectivity index (χ2v) is 4.38. The molecule has 0 bridgehead atoms. The molecule has 4 nitrogen and oxygen atoms in total. The van der Waals surface area contributed by atoms with Crippen molar-refractivity contribution in [2.75, 3.05) is 19.6 Å². The molecule has 1 N–H and O–H groups in total. The lowest BCUT2D eigenvalue weighted by atomic mass is 10.4. The van der Waals surface area contributed by atoms with Gasteiger partial charge in [-0.3, -0.25) is 4.57 Å². The number of unbranched alkanes of at least 4 members (excludes halogenated alkanes) is 1. The van der Waals surface area contributed by atoms with Crippen molar-refractivity contribution in [2.45, 2.75) is 26.7 Å². The number of hydrogen-bond acceptors (Lipinski definition) is 4. The second-order valence-electron chi connectivity index (χ2n) is 2.36. The van der Waals surface area contributed by atoms with E-state index in [1.54, 1.807) is 6.92 Å². The fraction of sp³-hybridized carbons (Fsp3) is 1.00. The average molecular weight is 196 g/mol. The largest absolute Gasteiger partial charge is 0.384 e. The van der Waals surface area contributed by atoms with Crippen molar-refractivity contribution in [2.24, 2.45) is 0 Å². The summed E-state index contributed by atoms with van der Waals surface area (Å²) in [5.74, 6) is 0. The van der Waals surface area contributed by atoms with Crippen LogP contribution in [0, 0.1) is 0 Å². The lowest BCUT2D eigenvalue weighted by molar-refractivity contribution is 0.183. The van der Waals surface area contributed by atoms with Crippen molar-refractivity contribution in [3.8, 4) is 0 Å². The van der Waals surface area contributed by atoms with Gasteiger partial charge in [-0.2, -0.15) is 0 Å². The molecule has 1 atom stereocenters. The van der Waals surface area contributed by atoms with E-state index in [0.717, 1.165) is 12.8 Å². The minimum atomic E-state index is -3.17. The second kappa shape index (κ2) is 6.61. The molecule has 0 heterocycles. The Morgan fingerprint density at radius 1 is 1.33 bits per heavy atom. The highest BCUT2D eigenvalue weighted by molar-refractivity contribution is 7.53. The molecule has 0 radical (unpaired) electrons. The molecule has 0 spiro atoms. The number of rotatable bonds is 7. The van der Waals surface area contributed by atoms with Gasteiger partial charge >= 0.3 is 7.60 Å². The van der Waals surface area contributed by atoms with Crippen molar-refractivity contribution in [1.82, 2.24) is 0 Å². The Morgan fingerprint density at radius 2 is 2.00 bits per heavy atom. The summed E-state index contributed by atoms with van der Waals surface area (Å²) in [6, 6.07) is 0. The third kappa shape index (κ3) is 4.88. The van der Waals surface area contributed by atoms with Gasteiger partial charge in [0, 0.05) is 0 Å². The molecule has 0 aromatic rings. The Labute approximate surface area is 73.4 Å². The zero-order chi connectivity index (χ0) is 9.45. The Balaban J connectivity index is 3.72. The Morgan fingerprint density at radius 3 is 2.42 bits per heavy atom. The number of aliphatic hydroxyl groups excluding tert-OH is 1. The van der Waals surface area contributed by atoms with Gasteiger partial charge in [-0.25, -0.2) is 0 Å². The van der Waals surface area contributed by atoms with Crippen LogP contribution >= 0.6 is 7.60 Å². The average Bonchev–Trinajstić information content (AvgIpc) is 2.06. The third-order valence-corrected chi connectivity index (χ3v) is 2.86. The summed E-state index contributed by atoms with van der Waals surface area (Å²) in [5.41, 5.74) is 0. The summed E-state index contributed by atoms with van der Waals surface area (Å²) in [6.07, 6.45) is 1.26. The summed E-state index contributed by atoms with van der Waals surface area (Å²) in [6.45, 7) is 4.40. The van der Waals surface area contributed by atoms with Gasteiger partial charge in [0.2, 0.25) is 0 Å². The van der Waals surface area contributed by atoms with Gasteiger partial charge in [-0.1, -0.05) is 13.3 Å². The molecule has 0 saturated heterocycles. The maximum absolute atomic E-state index is 11.4. The summed E-state index contributed by atoms with van der Waals surface area (Å²) in [4.78, 5) is 0. The monoisotopic (exact) mass is 196 g/mol. The van der Waals surface area contributed by atoms with E-state index in [4.69, 9.17) is 14.2 Å². The van der Waals surface area contributed by atoms with Crippen LogP contribution in [0.5, 0.6) is 0 Å². The van der Waals surface area contributed by atoms with E-state index in [0.29, 0.717) is 13.2 Å². The van der Waals surface area contributed by atoms with E-state index in [-0.39, 0.29) is 0 Å². The fourth-order valence-corrected chi connectivity index (χ4v) is 1.70. The van der Waals surface area contributed by atoms with Crippen LogP contribution < -0.4 is 0 Å². The van der Waals surface area contributed by atoms with Crippen molar-refractivity contribution in [1.29, 1.82) is 0 Å². The molecule has 74 valence electrons. The number of hydrogen-bond donors (Lipinski definition) is 1. The molecule has 0 rings (SSSR count). The molecule has 1 unspecified atom stereocenters. The topological polar surface area (TPSA) is 55.8 Å². The molecule has 0 aromatic heterocycles. The zero-order valence-electron chi connectivity index (χ0n) is 7.65. The number of aliphatic hydroxyl groups is 1. The van der Waals surface area contributed by atoms with Crippen LogP contribution in [0.4, 0.5) is 0 Å². The lowest BCUT2D eigenvalue weighted by Gasteiger charge is -2.14. The van der Waals surface area contributed by atoms with Crippen molar-refractivity contribution < 1.29 is 18.7 Å². The van der Waals surface area contributed by atoms with Crippen LogP contribution in [0.25, 0.3) is 0 Å². The first kappa shape index (κ1) is 12.1. The molecule has 0 amide bonds. The van der Waals surface area contributed by atoms with Crippen LogP contribution in [0.15, 0.2) is 0 Å². The van der Waals surface area contributed by atoms with Crippen LogP contribution in [0.3, 0.4) is 0 Å². The van der Waals surface area contributed by atoms with E-state index < -0.39 is 13.9 Å².